The third-order valence-electron chi connectivity index (χ3n) is 2.79. The van der Waals surface area contributed by atoms with Crippen molar-refractivity contribution in [1.29, 1.82) is 0 Å². The van der Waals surface area contributed by atoms with Gasteiger partial charge in [0.2, 0.25) is 0 Å². The first-order chi connectivity index (χ1) is 9.11. The summed E-state index contributed by atoms with van der Waals surface area (Å²) in [4.78, 5) is 14.4. The van der Waals surface area contributed by atoms with Crippen molar-refractivity contribution < 1.29 is 9.45 Å². The highest BCUT2D eigenvalue weighted by molar-refractivity contribution is 5.21. The number of rotatable bonds is 6. The summed E-state index contributed by atoms with van der Waals surface area (Å²) in [5, 5.41) is 18.4. The van der Waals surface area contributed by atoms with E-state index < -0.39 is 4.92 Å². The van der Waals surface area contributed by atoms with Crippen LogP contribution in [0.25, 0.3) is 0 Å². The summed E-state index contributed by atoms with van der Waals surface area (Å²) >= 11 is 0. The summed E-state index contributed by atoms with van der Waals surface area (Å²) in [7, 11) is 0. The van der Waals surface area contributed by atoms with Crippen LogP contribution in [-0.4, -0.2) is 24.8 Å². The Morgan fingerprint density at radius 1 is 1.58 bits per heavy atom. The summed E-state index contributed by atoms with van der Waals surface area (Å²) in [6, 6.07) is -0.323. The lowest BCUT2D eigenvalue weighted by Gasteiger charge is -2.04. The molecule has 0 aliphatic heterocycles. The number of aromatic nitrogens is 4. The van der Waals surface area contributed by atoms with Crippen molar-refractivity contribution in [2.45, 2.75) is 39.2 Å². The van der Waals surface area contributed by atoms with Gasteiger partial charge in [0, 0.05) is 6.42 Å². The summed E-state index contributed by atoms with van der Waals surface area (Å²) < 4.78 is 6.60. The fourth-order valence-electron chi connectivity index (χ4n) is 1.62. The van der Waals surface area contributed by atoms with E-state index in [9.17, 15) is 10.1 Å². The van der Waals surface area contributed by atoms with Gasteiger partial charge in [-0.2, -0.15) is 10.1 Å². The third-order valence-corrected chi connectivity index (χ3v) is 2.79. The predicted molar refractivity (Wildman–Crippen MR) is 65.6 cm³/mol. The molecule has 8 heteroatoms. The molecule has 0 bridgehead atoms. The van der Waals surface area contributed by atoms with Crippen molar-refractivity contribution in [2.75, 3.05) is 0 Å². The van der Waals surface area contributed by atoms with Gasteiger partial charge in [0.1, 0.15) is 18.4 Å². The molecule has 0 aromatic carbocycles. The van der Waals surface area contributed by atoms with Gasteiger partial charge in [0.25, 0.3) is 5.89 Å². The number of nitrogens with zero attached hydrogens (tertiary/aromatic N) is 5. The molecule has 2 heterocycles. The Hall–Kier alpha value is -2.25. The van der Waals surface area contributed by atoms with Crippen LogP contribution in [0.1, 0.15) is 44.4 Å². The highest BCUT2D eigenvalue weighted by Crippen LogP contribution is 2.18. The number of hydrogen-bond donors (Lipinski definition) is 0. The molecule has 2 aromatic rings. The van der Waals surface area contributed by atoms with Crippen LogP contribution in [-0.2, 0) is 6.42 Å². The van der Waals surface area contributed by atoms with Crippen LogP contribution in [0.3, 0.4) is 0 Å². The van der Waals surface area contributed by atoms with E-state index in [2.05, 4.69) is 22.2 Å². The molecule has 0 unspecified atom stereocenters. The maximum Gasteiger partial charge on any atom is 0.307 e. The van der Waals surface area contributed by atoms with Gasteiger partial charge in [-0.25, -0.2) is 0 Å². The van der Waals surface area contributed by atoms with Gasteiger partial charge in [-0.15, -0.1) is 0 Å². The fraction of sp³-hybridized carbons (Fsp3) is 0.545. The fourth-order valence-corrected chi connectivity index (χ4v) is 1.62. The maximum atomic E-state index is 10.6. The number of hydrogen-bond acceptors (Lipinski definition) is 6. The highest BCUT2D eigenvalue weighted by Gasteiger charge is 2.19. The molecule has 0 fully saturated rings. The second kappa shape index (κ2) is 5.59. The van der Waals surface area contributed by atoms with Gasteiger partial charge in [0.15, 0.2) is 5.82 Å². The smallest absolute Gasteiger partial charge is 0.307 e. The Bertz CT molecular complexity index is 562. The average molecular weight is 265 g/mol. The van der Waals surface area contributed by atoms with Crippen LogP contribution < -0.4 is 0 Å². The standard InChI is InChI=1S/C11H15N5O3/c1-3-4-5-10-13-11(19-14-10)8(2)15-7-9(6-12-15)16(17)18/h6-8H,3-5H2,1-2H3/t8-/m0/s1. The van der Waals surface area contributed by atoms with Crippen molar-refractivity contribution in [3.8, 4) is 0 Å². The van der Waals surface area contributed by atoms with Gasteiger partial charge in [0.05, 0.1) is 4.92 Å². The lowest BCUT2D eigenvalue weighted by Crippen LogP contribution is -2.07. The summed E-state index contributed by atoms with van der Waals surface area (Å²) in [5.74, 6) is 1.06. The third kappa shape index (κ3) is 2.95. The number of nitro groups is 1. The van der Waals surface area contributed by atoms with E-state index in [0.717, 1.165) is 19.3 Å². The molecule has 0 saturated heterocycles. The number of unbranched alkanes of at least 4 members (excludes halogenated alkanes) is 1. The van der Waals surface area contributed by atoms with E-state index in [-0.39, 0.29) is 11.7 Å². The lowest BCUT2D eigenvalue weighted by molar-refractivity contribution is -0.385. The zero-order valence-corrected chi connectivity index (χ0v) is 10.8. The normalized spacial score (nSPS) is 12.5. The van der Waals surface area contributed by atoms with Crippen molar-refractivity contribution in [3.05, 3.63) is 34.2 Å². The SMILES string of the molecule is CCCCc1noc([C@H](C)n2cc([N+](=O)[O-])cn2)n1. The Kier molecular flexibility index (Phi) is 3.88. The molecule has 0 spiro atoms. The van der Waals surface area contributed by atoms with Gasteiger partial charge >= 0.3 is 5.69 Å². The van der Waals surface area contributed by atoms with Crippen LogP contribution in [0.4, 0.5) is 5.69 Å². The molecule has 0 saturated carbocycles. The van der Waals surface area contributed by atoms with E-state index >= 15 is 0 Å². The van der Waals surface area contributed by atoms with E-state index in [1.165, 1.54) is 17.1 Å². The van der Waals surface area contributed by atoms with E-state index in [1.54, 1.807) is 6.92 Å². The molecule has 8 nitrogen and oxygen atoms in total. The topological polar surface area (TPSA) is 99.9 Å². The van der Waals surface area contributed by atoms with Crippen molar-refractivity contribution in [2.24, 2.45) is 0 Å². The Labute approximate surface area is 109 Å². The molecule has 102 valence electrons. The van der Waals surface area contributed by atoms with E-state index in [4.69, 9.17) is 4.52 Å². The van der Waals surface area contributed by atoms with Crippen LogP contribution >= 0.6 is 0 Å². The quantitative estimate of drug-likeness (QED) is 0.585. The molecule has 0 N–H and O–H groups in total. The molecule has 19 heavy (non-hydrogen) atoms. The van der Waals surface area contributed by atoms with Gasteiger partial charge in [-0.3, -0.25) is 14.8 Å². The molecule has 2 rings (SSSR count). The van der Waals surface area contributed by atoms with Gasteiger partial charge < -0.3 is 4.52 Å². The Morgan fingerprint density at radius 3 is 3.00 bits per heavy atom. The van der Waals surface area contributed by atoms with Crippen LogP contribution in [0, 0.1) is 10.1 Å². The van der Waals surface area contributed by atoms with Crippen molar-refractivity contribution >= 4 is 5.69 Å². The summed E-state index contributed by atoms with van der Waals surface area (Å²) in [5.41, 5.74) is -0.0578. The van der Waals surface area contributed by atoms with E-state index in [0.29, 0.717) is 11.7 Å². The number of aryl methyl sites for hydroxylation is 1. The first-order valence-electron chi connectivity index (χ1n) is 6.12. The lowest BCUT2D eigenvalue weighted by atomic mass is 10.2. The van der Waals surface area contributed by atoms with Gasteiger partial charge in [-0.05, 0) is 13.3 Å². The minimum Gasteiger partial charge on any atom is -0.337 e. The average Bonchev–Trinajstić information content (AvgIpc) is 3.04. The van der Waals surface area contributed by atoms with Crippen LogP contribution in [0.5, 0.6) is 0 Å². The first-order valence-corrected chi connectivity index (χ1v) is 6.12. The second-order valence-corrected chi connectivity index (χ2v) is 4.26. The summed E-state index contributed by atoms with van der Waals surface area (Å²) in [6.45, 7) is 3.89. The van der Waals surface area contributed by atoms with E-state index in [1.807, 2.05) is 0 Å². The molecule has 0 aliphatic rings. The van der Waals surface area contributed by atoms with Gasteiger partial charge in [-0.1, -0.05) is 18.5 Å². The molecule has 1 atom stereocenters. The van der Waals surface area contributed by atoms with Crippen LogP contribution in [0.15, 0.2) is 16.9 Å². The molecular weight excluding hydrogens is 250 g/mol. The van der Waals surface area contributed by atoms with Crippen LogP contribution in [0.2, 0.25) is 0 Å². The Morgan fingerprint density at radius 2 is 2.37 bits per heavy atom. The zero-order chi connectivity index (χ0) is 13.8. The largest absolute Gasteiger partial charge is 0.337 e. The summed E-state index contributed by atoms with van der Waals surface area (Å²) in [6.07, 6.45) is 5.38. The van der Waals surface area contributed by atoms with Crippen molar-refractivity contribution in [3.63, 3.8) is 0 Å². The first kappa shape index (κ1) is 13.2. The molecule has 0 aliphatic carbocycles. The molecular formula is C11H15N5O3. The second-order valence-electron chi connectivity index (χ2n) is 4.26. The predicted octanol–water partition coefficient (Wildman–Crippen LogP) is 2.13. The minimum absolute atomic E-state index is 0.0578. The van der Waals surface area contributed by atoms with Crippen molar-refractivity contribution in [1.82, 2.24) is 19.9 Å². The highest BCUT2D eigenvalue weighted by atomic mass is 16.6. The zero-order valence-electron chi connectivity index (χ0n) is 10.8. The Balaban J connectivity index is 2.11. The minimum atomic E-state index is -0.489. The molecule has 0 radical (unpaired) electrons. The molecule has 0 amide bonds. The maximum absolute atomic E-state index is 10.6. The monoisotopic (exact) mass is 265 g/mol. The molecule has 2 aromatic heterocycles.